The number of rotatable bonds is 4. The molecule has 7 heteroatoms. The topological polar surface area (TPSA) is 49.4 Å². The molecule has 0 aromatic heterocycles. The van der Waals surface area contributed by atoms with Crippen LogP contribution in [0.2, 0.25) is 5.02 Å². The zero-order chi connectivity index (χ0) is 17.0. The molecule has 4 nitrogen and oxygen atoms in total. The molecule has 0 aliphatic heterocycles. The molecule has 120 valence electrons. The van der Waals surface area contributed by atoms with Gasteiger partial charge in [0.1, 0.15) is 23.9 Å². The predicted molar refractivity (Wildman–Crippen MR) is 84.5 cm³/mol. The van der Waals surface area contributed by atoms with Gasteiger partial charge in [0, 0.05) is 6.92 Å². The number of hydrogen-bond donors (Lipinski definition) is 1. The van der Waals surface area contributed by atoms with Gasteiger partial charge in [-0.15, -0.1) is 0 Å². The quantitative estimate of drug-likeness (QED) is 0.925. The lowest BCUT2D eigenvalue weighted by atomic mass is 10.2. The van der Waals surface area contributed by atoms with Gasteiger partial charge in [0.05, 0.1) is 10.7 Å². The molecule has 2 amide bonds. The summed E-state index contributed by atoms with van der Waals surface area (Å²) >= 11 is 6.01. The second kappa shape index (κ2) is 7.19. The molecule has 0 aliphatic rings. The predicted octanol–water partition coefficient (Wildman–Crippen LogP) is 3.61. The van der Waals surface area contributed by atoms with Crippen molar-refractivity contribution in [2.24, 2.45) is 0 Å². The molecule has 0 aliphatic carbocycles. The first-order valence-electron chi connectivity index (χ1n) is 6.66. The van der Waals surface area contributed by atoms with Gasteiger partial charge >= 0.3 is 0 Å². The third-order valence-corrected chi connectivity index (χ3v) is 3.37. The third-order valence-electron chi connectivity index (χ3n) is 3.05. The molecule has 0 saturated carbocycles. The number of benzene rings is 2. The van der Waals surface area contributed by atoms with Crippen molar-refractivity contribution < 1.29 is 18.4 Å². The van der Waals surface area contributed by atoms with E-state index in [2.05, 4.69) is 5.32 Å². The van der Waals surface area contributed by atoms with E-state index in [1.54, 1.807) is 24.3 Å². The van der Waals surface area contributed by atoms with E-state index in [9.17, 15) is 18.4 Å². The Morgan fingerprint density at radius 3 is 2.26 bits per heavy atom. The molecule has 2 rings (SSSR count). The molecular weight excluding hydrogens is 326 g/mol. The van der Waals surface area contributed by atoms with E-state index >= 15 is 0 Å². The van der Waals surface area contributed by atoms with Gasteiger partial charge in [0.2, 0.25) is 11.8 Å². The first-order valence-corrected chi connectivity index (χ1v) is 7.04. The van der Waals surface area contributed by atoms with Crippen LogP contribution in [-0.4, -0.2) is 18.4 Å². The minimum atomic E-state index is -0.898. The highest BCUT2D eigenvalue weighted by molar-refractivity contribution is 6.33. The highest BCUT2D eigenvalue weighted by atomic mass is 35.5. The maximum absolute atomic E-state index is 13.5. The van der Waals surface area contributed by atoms with Crippen LogP contribution in [-0.2, 0) is 9.59 Å². The Kier molecular flexibility index (Phi) is 5.28. The molecule has 1 N–H and O–H groups in total. The number of hydrogen-bond acceptors (Lipinski definition) is 2. The van der Waals surface area contributed by atoms with Gasteiger partial charge in [0.25, 0.3) is 0 Å². The molecule has 0 spiro atoms. The van der Waals surface area contributed by atoms with Crippen molar-refractivity contribution in [3.8, 4) is 0 Å². The second-order valence-corrected chi connectivity index (χ2v) is 5.11. The van der Waals surface area contributed by atoms with E-state index in [1.165, 1.54) is 13.0 Å². The Balaban J connectivity index is 2.20. The molecule has 0 saturated heterocycles. The number of carbonyl (C=O) groups is 2. The van der Waals surface area contributed by atoms with Gasteiger partial charge in [-0.05, 0) is 24.3 Å². The van der Waals surface area contributed by atoms with Crippen LogP contribution in [0.3, 0.4) is 0 Å². The van der Waals surface area contributed by atoms with Gasteiger partial charge in [-0.25, -0.2) is 8.78 Å². The third kappa shape index (κ3) is 4.04. The molecule has 0 atom stereocenters. The highest BCUT2D eigenvalue weighted by Crippen LogP contribution is 2.25. The molecule has 23 heavy (non-hydrogen) atoms. The highest BCUT2D eigenvalue weighted by Gasteiger charge is 2.19. The molecule has 0 fully saturated rings. The summed E-state index contributed by atoms with van der Waals surface area (Å²) in [7, 11) is 0. The minimum absolute atomic E-state index is 0.285. The van der Waals surface area contributed by atoms with Crippen molar-refractivity contribution in [1.82, 2.24) is 0 Å². The summed E-state index contributed by atoms with van der Waals surface area (Å²) < 4.78 is 27.1. The van der Waals surface area contributed by atoms with Crippen LogP contribution < -0.4 is 10.2 Å². The van der Waals surface area contributed by atoms with Crippen LogP contribution in [0.1, 0.15) is 6.92 Å². The Bertz CT molecular complexity index is 732. The van der Waals surface area contributed by atoms with Crippen LogP contribution in [0, 0.1) is 11.6 Å². The van der Waals surface area contributed by atoms with E-state index in [1.807, 2.05) is 0 Å². The van der Waals surface area contributed by atoms with Gasteiger partial charge in [-0.3, -0.25) is 9.59 Å². The monoisotopic (exact) mass is 338 g/mol. The SMILES string of the molecule is CC(=O)N(CC(=O)Nc1c(F)cccc1F)c1ccccc1Cl. The van der Waals surface area contributed by atoms with Crippen LogP contribution >= 0.6 is 11.6 Å². The lowest BCUT2D eigenvalue weighted by Crippen LogP contribution is -2.37. The van der Waals surface area contributed by atoms with Gasteiger partial charge in [-0.2, -0.15) is 0 Å². The van der Waals surface area contributed by atoms with Gasteiger partial charge in [0.15, 0.2) is 0 Å². The molecule has 0 radical (unpaired) electrons. The van der Waals surface area contributed by atoms with E-state index < -0.39 is 35.7 Å². The summed E-state index contributed by atoms with van der Waals surface area (Å²) in [5.41, 5.74) is -0.217. The van der Waals surface area contributed by atoms with E-state index in [4.69, 9.17) is 11.6 Å². The van der Waals surface area contributed by atoms with E-state index in [0.717, 1.165) is 17.0 Å². The second-order valence-electron chi connectivity index (χ2n) is 4.70. The summed E-state index contributed by atoms with van der Waals surface area (Å²) in [5, 5.41) is 2.41. The number of nitrogens with one attached hydrogen (secondary N) is 1. The maximum Gasteiger partial charge on any atom is 0.244 e. The van der Waals surface area contributed by atoms with Gasteiger partial charge in [-0.1, -0.05) is 29.8 Å². The summed E-state index contributed by atoms with van der Waals surface area (Å²) in [6.07, 6.45) is 0. The lowest BCUT2D eigenvalue weighted by molar-refractivity contribution is -0.120. The van der Waals surface area contributed by atoms with Crippen molar-refractivity contribution in [3.63, 3.8) is 0 Å². The van der Waals surface area contributed by atoms with Gasteiger partial charge < -0.3 is 10.2 Å². The van der Waals surface area contributed by atoms with Crippen molar-refractivity contribution in [1.29, 1.82) is 0 Å². The number of carbonyl (C=O) groups excluding carboxylic acids is 2. The fourth-order valence-corrected chi connectivity index (χ4v) is 2.21. The Morgan fingerprint density at radius 2 is 1.70 bits per heavy atom. The minimum Gasteiger partial charge on any atom is -0.320 e. The fraction of sp³-hybridized carbons (Fsp3) is 0.125. The van der Waals surface area contributed by atoms with E-state index in [0.29, 0.717) is 5.69 Å². The van der Waals surface area contributed by atoms with Crippen LogP contribution in [0.5, 0.6) is 0 Å². The van der Waals surface area contributed by atoms with Crippen molar-refractivity contribution in [2.75, 3.05) is 16.8 Å². The molecule has 2 aromatic carbocycles. The molecule has 0 heterocycles. The van der Waals surface area contributed by atoms with Crippen molar-refractivity contribution >= 4 is 34.8 Å². The Hall–Kier alpha value is -2.47. The largest absolute Gasteiger partial charge is 0.320 e. The summed E-state index contributed by atoms with van der Waals surface area (Å²) in [6, 6.07) is 9.71. The average Bonchev–Trinajstić information content (AvgIpc) is 2.49. The lowest BCUT2D eigenvalue weighted by Gasteiger charge is -2.21. The number of halogens is 3. The smallest absolute Gasteiger partial charge is 0.244 e. The normalized spacial score (nSPS) is 10.3. The standard InChI is InChI=1S/C16H13ClF2N2O2/c1-10(22)21(14-8-3-2-5-11(14)17)9-15(23)20-16-12(18)6-4-7-13(16)19/h2-8H,9H2,1H3,(H,20,23). The van der Waals surface area contributed by atoms with E-state index in [-0.39, 0.29) is 5.02 Å². The number of anilines is 2. The molecule has 0 bridgehead atoms. The van der Waals surface area contributed by atoms with Crippen molar-refractivity contribution in [3.05, 3.63) is 59.1 Å². The first kappa shape index (κ1) is 16.9. The maximum atomic E-state index is 13.5. The van der Waals surface area contributed by atoms with Crippen LogP contribution in [0.4, 0.5) is 20.2 Å². The molecule has 2 aromatic rings. The summed E-state index contributed by atoms with van der Waals surface area (Å²) in [5.74, 6) is -2.97. The van der Waals surface area contributed by atoms with Crippen LogP contribution in [0.25, 0.3) is 0 Å². The summed E-state index contributed by atoms with van der Waals surface area (Å²) in [4.78, 5) is 24.9. The summed E-state index contributed by atoms with van der Waals surface area (Å²) in [6.45, 7) is 0.840. The van der Waals surface area contributed by atoms with Crippen molar-refractivity contribution in [2.45, 2.75) is 6.92 Å². The van der Waals surface area contributed by atoms with Crippen LogP contribution in [0.15, 0.2) is 42.5 Å². The zero-order valence-electron chi connectivity index (χ0n) is 12.1. The fourth-order valence-electron chi connectivity index (χ4n) is 1.98. The number of amides is 2. The molecular formula is C16H13ClF2N2O2. The Morgan fingerprint density at radius 1 is 1.09 bits per heavy atom. The zero-order valence-corrected chi connectivity index (χ0v) is 12.9. The Labute approximate surface area is 136 Å². The number of nitrogens with zero attached hydrogens (tertiary/aromatic N) is 1. The first-order chi connectivity index (χ1) is 10.9. The molecule has 0 unspecified atom stereocenters. The average molecular weight is 339 g/mol. The number of para-hydroxylation sites is 2.